The van der Waals surface area contributed by atoms with Gasteiger partial charge in [0.15, 0.2) is 4.80 Å². The molecule has 1 amide bonds. The molecule has 0 aliphatic heterocycles. The van der Waals surface area contributed by atoms with E-state index >= 15 is 0 Å². The molecule has 1 heterocycles. The first kappa shape index (κ1) is 14.9. The van der Waals surface area contributed by atoms with Crippen LogP contribution in [0, 0.1) is 16.0 Å². The van der Waals surface area contributed by atoms with Crippen LogP contribution in [0.3, 0.4) is 0 Å². The molecule has 2 aromatic rings. The second-order valence-electron chi connectivity index (χ2n) is 5.16. The van der Waals surface area contributed by atoms with Crippen LogP contribution in [0.4, 0.5) is 5.69 Å². The van der Waals surface area contributed by atoms with Gasteiger partial charge in [-0.15, -0.1) is 0 Å². The molecule has 116 valence electrons. The van der Waals surface area contributed by atoms with Crippen molar-refractivity contribution >= 4 is 33.1 Å². The predicted molar refractivity (Wildman–Crippen MR) is 81.6 cm³/mol. The van der Waals surface area contributed by atoms with Gasteiger partial charge in [-0.1, -0.05) is 11.3 Å². The lowest BCUT2D eigenvalue weighted by molar-refractivity contribution is -0.384. The fraction of sp³-hybridized carbons (Fsp3) is 0.429. The summed E-state index contributed by atoms with van der Waals surface area (Å²) in [4.78, 5) is 27.2. The molecule has 8 heteroatoms. The Labute approximate surface area is 130 Å². The summed E-state index contributed by atoms with van der Waals surface area (Å²) in [5.41, 5.74) is 0.732. The van der Waals surface area contributed by atoms with Gasteiger partial charge in [-0.05, 0) is 18.9 Å². The molecule has 0 saturated heterocycles. The minimum atomic E-state index is -0.427. The van der Waals surface area contributed by atoms with E-state index in [1.807, 2.05) is 4.57 Å². The second kappa shape index (κ2) is 5.98. The van der Waals surface area contributed by atoms with E-state index in [2.05, 4.69) is 4.99 Å². The van der Waals surface area contributed by atoms with Gasteiger partial charge in [0.25, 0.3) is 11.6 Å². The zero-order valence-electron chi connectivity index (χ0n) is 12.0. The number of aromatic nitrogens is 1. The fourth-order valence-electron chi connectivity index (χ4n) is 2.17. The molecule has 0 unspecified atom stereocenters. The summed E-state index contributed by atoms with van der Waals surface area (Å²) in [5, 5.41) is 10.9. The van der Waals surface area contributed by atoms with Crippen molar-refractivity contribution in [1.82, 2.24) is 4.57 Å². The minimum absolute atomic E-state index is 0.0246. The third kappa shape index (κ3) is 2.93. The summed E-state index contributed by atoms with van der Waals surface area (Å²) in [7, 11) is 1.59. The van der Waals surface area contributed by atoms with Crippen LogP contribution in [0.2, 0.25) is 0 Å². The van der Waals surface area contributed by atoms with Crippen molar-refractivity contribution in [2.24, 2.45) is 10.9 Å². The third-order valence-electron chi connectivity index (χ3n) is 3.53. The zero-order chi connectivity index (χ0) is 15.7. The normalized spacial score (nSPS) is 15.4. The average molecular weight is 321 g/mol. The zero-order valence-corrected chi connectivity index (χ0v) is 12.8. The summed E-state index contributed by atoms with van der Waals surface area (Å²) in [6.45, 7) is 0.938. The van der Waals surface area contributed by atoms with Crippen LogP contribution in [0.5, 0.6) is 0 Å². The van der Waals surface area contributed by atoms with Gasteiger partial charge in [-0.2, -0.15) is 4.99 Å². The van der Waals surface area contributed by atoms with Crippen molar-refractivity contribution in [2.75, 3.05) is 13.7 Å². The van der Waals surface area contributed by atoms with Crippen molar-refractivity contribution < 1.29 is 14.5 Å². The van der Waals surface area contributed by atoms with Gasteiger partial charge in [0.1, 0.15) is 0 Å². The van der Waals surface area contributed by atoms with Gasteiger partial charge in [0, 0.05) is 31.7 Å². The number of methoxy groups -OCH3 is 1. The molecule has 3 rings (SSSR count). The lowest BCUT2D eigenvalue weighted by Crippen LogP contribution is -2.19. The Morgan fingerprint density at radius 2 is 2.32 bits per heavy atom. The van der Waals surface area contributed by atoms with E-state index in [1.54, 1.807) is 13.2 Å². The molecule has 0 radical (unpaired) electrons. The highest BCUT2D eigenvalue weighted by Gasteiger charge is 2.29. The quantitative estimate of drug-likeness (QED) is 0.623. The average Bonchev–Trinajstić information content (AvgIpc) is 3.28. The van der Waals surface area contributed by atoms with E-state index in [4.69, 9.17) is 4.74 Å². The number of nitrogens with zero attached hydrogens (tertiary/aromatic N) is 3. The van der Waals surface area contributed by atoms with Crippen LogP contribution in [0.1, 0.15) is 12.8 Å². The molecule has 1 saturated carbocycles. The van der Waals surface area contributed by atoms with Gasteiger partial charge < -0.3 is 9.30 Å². The Kier molecular flexibility index (Phi) is 4.04. The number of nitro benzene ring substituents is 1. The Hall–Kier alpha value is -2.06. The molecule has 22 heavy (non-hydrogen) atoms. The number of ether oxygens (including phenoxy) is 1. The van der Waals surface area contributed by atoms with Crippen molar-refractivity contribution in [3.05, 3.63) is 33.1 Å². The lowest BCUT2D eigenvalue weighted by Gasteiger charge is -2.04. The number of nitro groups is 1. The number of rotatable bonds is 5. The molecule has 1 aliphatic rings. The second-order valence-corrected chi connectivity index (χ2v) is 6.17. The lowest BCUT2D eigenvalue weighted by atomic mass is 10.3. The Balaban J connectivity index is 2.13. The molecule has 1 aromatic heterocycles. The monoisotopic (exact) mass is 321 g/mol. The van der Waals surface area contributed by atoms with Crippen LogP contribution < -0.4 is 4.80 Å². The molecule has 1 aliphatic carbocycles. The van der Waals surface area contributed by atoms with E-state index in [0.29, 0.717) is 23.5 Å². The summed E-state index contributed by atoms with van der Waals surface area (Å²) < 4.78 is 7.77. The number of amides is 1. The number of benzene rings is 1. The van der Waals surface area contributed by atoms with Gasteiger partial charge in [-0.3, -0.25) is 14.9 Å². The number of hydrogen-bond donors (Lipinski definition) is 0. The van der Waals surface area contributed by atoms with Crippen molar-refractivity contribution in [2.45, 2.75) is 19.4 Å². The minimum Gasteiger partial charge on any atom is -0.383 e. The number of non-ortho nitro benzene ring substituents is 1. The van der Waals surface area contributed by atoms with E-state index < -0.39 is 4.92 Å². The van der Waals surface area contributed by atoms with E-state index in [-0.39, 0.29) is 17.5 Å². The summed E-state index contributed by atoms with van der Waals surface area (Å²) >= 11 is 1.37. The first-order valence-corrected chi connectivity index (χ1v) is 7.77. The number of thiazole rings is 1. The highest BCUT2D eigenvalue weighted by atomic mass is 32.1. The number of carbonyl (C=O) groups excluding carboxylic acids is 1. The van der Waals surface area contributed by atoms with E-state index in [0.717, 1.165) is 17.5 Å². The third-order valence-corrected chi connectivity index (χ3v) is 4.59. The van der Waals surface area contributed by atoms with Gasteiger partial charge >= 0.3 is 0 Å². The maximum absolute atomic E-state index is 11.9. The summed E-state index contributed by atoms with van der Waals surface area (Å²) in [6, 6.07) is 4.68. The highest BCUT2D eigenvalue weighted by molar-refractivity contribution is 7.16. The standard InChI is InChI=1S/C14H15N3O4S/c1-21-7-6-16-11-8-10(17(19)20)4-5-12(11)22-14(16)15-13(18)9-2-3-9/h4-5,8-9H,2-3,6-7H2,1H3. The smallest absolute Gasteiger partial charge is 0.271 e. The first-order valence-electron chi connectivity index (χ1n) is 6.95. The highest BCUT2D eigenvalue weighted by Crippen LogP contribution is 2.30. The topological polar surface area (TPSA) is 86.7 Å². The molecule has 0 spiro atoms. The van der Waals surface area contributed by atoms with Gasteiger partial charge in [-0.25, -0.2) is 0 Å². The van der Waals surface area contributed by atoms with Crippen LogP contribution in [-0.2, 0) is 16.1 Å². The molecular weight excluding hydrogens is 306 g/mol. The first-order chi connectivity index (χ1) is 10.6. The number of carbonyl (C=O) groups is 1. The molecule has 0 N–H and O–H groups in total. The molecule has 7 nitrogen and oxygen atoms in total. The maximum Gasteiger partial charge on any atom is 0.271 e. The molecule has 0 bridgehead atoms. The number of fused-ring (bicyclic) bond motifs is 1. The maximum atomic E-state index is 11.9. The molecule has 1 fully saturated rings. The van der Waals surface area contributed by atoms with Crippen LogP contribution in [0.15, 0.2) is 23.2 Å². The largest absolute Gasteiger partial charge is 0.383 e. The van der Waals surface area contributed by atoms with Crippen LogP contribution in [-0.4, -0.2) is 29.1 Å². The molecule has 0 atom stereocenters. The van der Waals surface area contributed by atoms with Crippen molar-refractivity contribution in [1.29, 1.82) is 0 Å². The van der Waals surface area contributed by atoms with Crippen LogP contribution >= 0.6 is 11.3 Å². The SMILES string of the molecule is COCCn1c(=NC(=O)C2CC2)sc2ccc([N+](=O)[O-])cc21. The Bertz CT molecular complexity index is 804. The van der Waals surface area contributed by atoms with E-state index in [1.165, 1.54) is 23.5 Å². The van der Waals surface area contributed by atoms with Crippen molar-refractivity contribution in [3.63, 3.8) is 0 Å². The molecular formula is C14H15N3O4S. The molecule has 1 aromatic carbocycles. The Morgan fingerprint density at radius 1 is 1.55 bits per heavy atom. The van der Waals surface area contributed by atoms with Crippen LogP contribution in [0.25, 0.3) is 10.2 Å². The van der Waals surface area contributed by atoms with E-state index in [9.17, 15) is 14.9 Å². The Morgan fingerprint density at radius 3 is 2.95 bits per heavy atom. The summed E-state index contributed by atoms with van der Waals surface area (Å²) in [5.74, 6) is -0.0531. The van der Waals surface area contributed by atoms with Gasteiger partial charge in [0.2, 0.25) is 0 Å². The van der Waals surface area contributed by atoms with Crippen molar-refractivity contribution in [3.8, 4) is 0 Å². The summed E-state index contributed by atoms with van der Waals surface area (Å²) in [6.07, 6.45) is 1.80. The predicted octanol–water partition coefficient (Wildman–Crippen LogP) is 2.09. The number of hydrogen-bond acceptors (Lipinski definition) is 5. The van der Waals surface area contributed by atoms with Gasteiger partial charge in [0.05, 0.1) is 21.7 Å². The fourth-order valence-corrected chi connectivity index (χ4v) is 3.21.